The number of nitrogen functional groups attached to an aromatic ring is 1. The van der Waals surface area contributed by atoms with Crippen LogP contribution in [0.1, 0.15) is 18.0 Å². The van der Waals surface area contributed by atoms with Gasteiger partial charge < -0.3 is 15.9 Å². The number of nitrogens with one attached hydrogen (secondary N) is 1. The summed E-state index contributed by atoms with van der Waals surface area (Å²) in [7, 11) is -4.37. The number of hydrogen-bond acceptors (Lipinski definition) is 11. The van der Waals surface area contributed by atoms with E-state index in [0.717, 1.165) is 10.8 Å². The number of H-pyrrole nitrogens is 1. The Kier molecular flexibility index (Phi) is 6.12. The Morgan fingerprint density at radius 2 is 2.03 bits per heavy atom. The molecule has 3 rings (SSSR count). The number of nitrogens with zero attached hydrogens (tertiary/aromatic N) is 5. The van der Waals surface area contributed by atoms with Gasteiger partial charge in [0.1, 0.15) is 18.5 Å². The molecule has 0 saturated carbocycles. The Labute approximate surface area is 167 Å². The van der Waals surface area contributed by atoms with E-state index in [1.165, 1.54) is 24.1 Å². The molecule has 162 valence electrons. The molecule has 7 N–H and O–H groups in total. The second kappa shape index (κ2) is 8.43. The lowest BCUT2D eigenvalue weighted by Gasteiger charge is -2.23. The maximum absolute atomic E-state index is 12.5. The molecule has 0 spiro atoms. The summed E-state index contributed by atoms with van der Waals surface area (Å²) < 4.78 is 24.5. The van der Waals surface area contributed by atoms with Crippen LogP contribution in [0.3, 0.4) is 0 Å². The van der Waals surface area contributed by atoms with Crippen molar-refractivity contribution in [1.29, 1.82) is 0 Å². The third kappa shape index (κ3) is 4.46. The van der Waals surface area contributed by atoms with Crippen LogP contribution in [0.15, 0.2) is 28.4 Å². The van der Waals surface area contributed by atoms with E-state index in [2.05, 4.69) is 15.0 Å². The average molecular weight is 442 g/mol. The van der Waals surface area contributed by atoms with Gasteiger partial charge in [0, 0.05) is 11.8 Å². The molecule has 0 radical (unpaired) electrons. The Bertz CT molecular complexity index is 1220. The lowest BCUT2D eigenvalue weighted by atomic mass is 10.4. The highest BCUT2D eigenvalue weighted by Crippen LogP contribution is 2.43. The Balaban J connectivity index is 1.73. The van der Waals surface area contributed by atoms with Crippen LogP contribution in [-0.4, -0.2) is 52.5 Å². The Morgan fingerprint density at radius 1 is 1.30 bits per heavy atom. The van der Waals surface area contributed by atoms with E-state index in [1.54, 1.807) is 0 Å². The zero-order valence-corrected chi connectivity index (χ0v) is 16.5. The van der Waals surface area contributed by atoms with Crippen LogP contribution in [0, 0.1) is 6.92 Å². The summed E-state index contributed by atoms with van der Waals surface area (Å²) in [4.78, 5) is 37.1. The van der Waals surface area contributed by atoms with Crippen molar-refractivity contribution in [2.24, 2.45) is 5.50 Å². The van der Waals surface area contributed by atoms with Crippen LogP contribution in [0.25, 0.3) is 11.2 Å². The van der Waals surface area contributed by atoms with Gasteiger partial charge in [0.05, 0.1) is 12.9 Å². The van der Waals surface area contributed by atoms with Gasteiger partial charge in [-0.15, -0.1) is 0 Å². The molecule has 0 aliphatic carbocycles. The molecule has 0 fully saturated rings. The van der Waals surface area contributed by atoms with Crippen molar-refractivity contribution in [2.45, 2.75) is 19.4 Å². The topological polar surface area (TPSA) is 226 Å². The molecule has 3 atom stereocenters. The first-order valence-electron chi connectivity index (χ1n) is 8.38. The van der Waals surface area contributed by atoms with Crippen molar-refractivity contribution in [3.8, 4) is 0 Å². The number of imidazole rings is 1. The van der Waals surface area contributed by atoms with E-state index in [1.807, 2.05) is 4.98 Å². The maximum Gasteiger partial charge on any atom is 0.405 e. The molecular weight excluding hydrogens is 423 g/mol. The molecule has 0 amide bonds. The van der Waals surface area contributed by atoms with Crippen LogP contribution in [0.2, 0.25) is 0 Å². The van der Waals surface area contributed by atoms with Crippen molar-refractivity contribution in [1.82, 2.24) is 29.1 Å². The fraction of sp³-hybridized carbons (Fsp3) is 0.357. The minimum absolute atomic E-state index is 0.104. The second-order valence-electron chi connectivity index (χ2n) is 6.12. The minimum atomic E-state index is -4.37. The molecule has 0 saturated heterocycles. The summed E-state index contributed by atoms with van der Waals surface area (Å²) in [6.45, 7) is 0.00550. The second-order valence-corrected chi connectivity index (χ2v) is 7.67. The molecule has 30 heavy (non-hydrogen) atoms. The van der Waals surface area contributed by atoms with Crippen LogP contribution < -0.4 is 22.5 Å². The van der Waals surface area contributed by atoms with E-state index in [0.29, 0.717) is 0 Å². The normalized spacial score (nSPS) is 15.7. The van der Waals surface area contributed by atoms with E-state index < -0.39 is 44.7 Å². The third-order valence-electron chi connectivity index (χ3n) is 3.99. The number of aliphatic hydroxyl groups is 2. The van der Waals surface area contributed by atoms with Gasteiger partial charge in [0.25, 0.3) is 5.56 Å². The zero-order valence-electron chi connectivity index (χ0n) is 15.6. The van der Waals surface area contributed by atoms with Gasteiger partial charge in [-0.05, 0) is 6.92 Å². The van der Waals surface area contributed by atoms with Crippen LogP contribution in [0.4, 0.5) is 5.82 Å². The van der Waals surface area contributed by atoms with Gasteiger partial charge in [-0.2, -0.15) is 0 Å². The summed E-state index contributed by atoms with van der Waals surface area (Å²) in [5, 5.41) is 19.8. The van der Waals surface area contributed by atoms with Gasteiger partial charge in [-0.1, -0.05) is 0 Å². The lowest BCUT2D eigenvalue weighted by Crippen LogP contribution is -2.35. The molecule has 0 aliphatic heterocycles. The van der Waals surface area contributed by atoms with Crippen LogP contribution in [-0.2, 0) is 13.6 Å². The highest BCUT2D eigenvalue weighted by Gasteiger charge is 2.28. The van der Waals surface area contributed by atoms with Gasteiger partial charge in [-0.3, -0.25) is 28.0 Å². The number of aromatic nitrogens is 6. The molecule has 0 aromatic carbocycles. The van der Waals surface area contributed by atoms with Crippen molar-refractivity contribution in [2.75, 3.05) is 18.9 Å². The lowest BCUT2D eigenvalue weighted by molar-refractivity contribution is 0.0131. The smallest absolute Gasteiger partial charge is 0.392 e. The first kappa shape index (κ1) is 21.8. The minimum Gasteiger partial charge on any atom is -0.392 e. The van der Waals surface area contributed by atoms with E-state index in [4.69, 9.17) is 20.3 Å². The number of nitrogens with two attached hydrogens (primary N) is 2. The summed E-state index contributed by atoms with van der Waals surface area (Å²) in [5.41, 5.74) is 10.3. The number of aliphatic hydroxyl groups excluding tert-OH is 2. The van der Waals surface area contributed by atoms with E-state index in [9.17, 15) is 24.4 Å². The summed E-state index contributed by atoms with van der Waals surface area (Å²) in [6, 6.07) is 0. The van der Waals surface area contributed by atoms with Crippen molar-refractivity contribution in [3.63, 3.8) is 0 Å². The van der Waals surface area contributed by atoms with Gasteiger partial charge in [0.15, 0.2) is 23.9 Å². The molecule has 3 aromatic rings. The van der Waals surface area contributed by atoms with Crippen molar-refractivity contribution in [3.05, 3.63) is 45.3 Å². The number of hydrogen-bond donors (Lipinski definition) is 5. The first-order chi connectivity index (χ1) is 14.1. The third-order valence-corrected chi connectivity index (χ3v) is 5.04. The molecule has 0 bridgehead atoms. The fourth-order valence-electron chi connectivity index (χ4n) is 2.51. The SMILES string of the molecule is Cc1cn(C(CO)OP(N)(=O)OCC(O)n2cnc3c(N)ncnc32)c(=O)[nH]c1=O. The van der Waals surface area contributed by atoms with Crippen molar-refractivity contribution >= 4 is 24.7 Å². The standard InChI is InChI=1S/C14H19N8O7P/c1-7-2-21(14(26)20-13(7)25)9(3-23)29-30(16,27)28-4-8(24)22-6-19-10-11(15)17-5-18-12(10)22/h2,5-6,8-9,23-24H,3-4H2,1H3,(H2,16,27)(H2,15,17,18)(H,20,25,26). The number of fused-ring (bicyclic) bond motifs is 1. The predicted molar refractivity (Wildman–Crippen MR) is 102 cm³/mol. The van der Waals surface area contributed by atoms with Gasteiger partial charge in [-0.25, -0.2) is 29.8 Å². The molecule has 3 unspecified atom stereocenters. The number of aromatic amines is 1. The molecule has 3 aromatic heterocycles. The highest BCUT2D eigenvalue weighted by atomic mass is 31.2. The quantitative estimate of drug-likeness (QED) is 0.247. The monoisotopic (exact) mass is 442 g/mol. The van der Waals surface area contributed by atoms with Crippen LogP contribution >= 0.6 is 7.75 Å². The van der Waals surface area contributed by atoms with E-state index >= 15 is 0 Å². The fourth-order valence-corrected chi connectivity index (χ4v) is 3.42. The molecular formula is C14H19N8O7P. The zero-order chi connectivity index (χ0) is 22.1. The molecule has 3 heterocycles. The number of aryl methyl sites for hydroxylation is 1. The molecule has 15 nitrogen and oxygen atoms in total. The number of rotatable bonds is 8. The average Bonchev–Trinajstić information content (AvgIpc) is 3.13. The molecule has 0 aliphatic rings. The highest BCUT2D eigenvalue weighted by molar-refractivity contribution is 7.51. The summed E-state index contributed by atoms with van der Waals surface area (Å²) in [5.74, 6) is 0.104. The van der Waals surface area contributed by atoms with Gasteiger partial charge in [0.2, 0.25) is 0 Å². The predicted octanol–water partition coefficient (Wildman–Crippen LogP) is -1.65. The number of anilines is 1. The van der Waals surface area contributed by atoms with Gasteiger partial charge >= 0.3 is 13.4 Å². The van der Waals surface area contributed by atoms with Crippen LogP contribution in [0.5, 0.6) is 0 Å². The van der Waals surface area contributed by atoms with Crippen molar-refractivity contribution < 1.29 is 23.8 Å². The largest absolute Gasteiger partial charge is 0.405 e. The maximum atomic E-state index is 12.5. The van der Waals surface area contributed by atoms with E-state index in [-0.39, 0.29) is 22.5 Å². The first-order valence-corrected chi connectivity index (χ1v) is 9.99. The summed E-state index contributed by atoms with van der Waals surface area (Å²) >= 11 is 0. The summed E-state index contributed by atoms with van der Waals surface area (Å²) in [6.07, 6.45) is 0.581. The Morgan fingerprint density at radius 3 is 2.73 bits per heavy atom. The molecule has 16 heteroatoms. The Hall–Kier alpha value is -2.94.